The van der Waals surface area contributed by atoms with Crippen LogP contribution in [0.15, 0.2) is 16.8 Å². The van der Waals surface area contributed by atoms with Crippen LogP contribution in [0.1, 0.15) is 38.2 Å². The van der Waals surface area contributed by atoms with Crippen LogP contribution in [0.4, 0.5) is 0 Å². The molecule has 1 nitrogen and oxygen atoms in total. The molecule has 1 aromatic heterocycles. The second kappa shape index (κ2) is 5.66. The normalized spacial score (nSPS) is 26.7. The molecule has 1 saturated carbocycles. The van der Waals surface area contributed by atoms with Crippen molar-refractivity contribution in [1.82, 2.24) is 5.32 Å². The van der Waals surface area contributed by atoms with Gasteiger partial charge in [-0.2, -0.15) is 11.3 Å². The monoisotopic (exact) mass is 223 g/mol. The predicted molar refractivity (Wildman–Crippen MR) is 67.4 cm³/mol. The van der Waals surface area contributed by atoms with E-state index in [0.717, 1.165) is 18.5 Å². The molecule has 0 amide bonds. The Morgan fingerprint density at radius 2 is 2.27 bits per heavy atom. The minimum atomic E-state index is 0.767. The fourth-order valence-electron chi connectivity index (χ4n) is 2.69. The van der Waals surface area contributed by atoms with E-state index in [4.69, 9.17) is 0 Å². The third-order valence-corrected chi connectivity index (χ3v) is 4.19. The first-order valence-electron chi connectivity index (χ1n) is 6.14. The van der Waals surface area contributed by atoms with Gasteiger partial charge in [0.05, 0.1) is 0 Å². The first-order valence-corrected chi connectivity index (χ1v) is 7.09. The van der Waals surface area contributed by atoms with E-state index in [9.17, 15) is 0 Å². The first-order chi connectivity index (χ1) is 7.40. The molecule has 1 aliphatic rings. The maximum Gasteiger partial charge on any atom is 0.00983 e. The van der Waals surface area contributed by atoms with Crippen molar-refractivity contribution in [3.05, 3.63) is 22.4 Å². The summed E-state index contributed by atoms with van der Waals surface area (Å²) in [6.45, 7) is 3.33. The average Bonchev–Trinajstić information content (AvgIpc) is 2.74. The highest BCUT2D eigenvalue weighted by atomic mass is 32.1. The Kier molecular flexibility index (Phi) is 4.21. The van der Waals surface area contributed by atoms with E-state index in [1.54, 1.807) is 0 Å². The molecule has 84 valence electrons. The Morgan fingerprint density at radius 1 is 1.40 bits per heavy atom. The summed E-state index contributed by atoms with van der Waals surface area (Å²) < 4.78 is 0. The molecule has 1 N–H and O–H groups in total. The molecule has 1 fully saturated rings. The van der Waals surface area contributed by atoms with Crippen LogP contribution >= 0.6 is 11.3 Å². The van der Waals surface area contributed by atoms with Gasteiger partial charge in [0.1, 0.15) is 0 Å². The van der Waals surface area contributed by atoms with E-state index < -0.39 is 0 Å². The summed E-state index contributed by atoms with van der Waals surface area (Å²) in [4.78, 5) is 0. The van der Waals surface area contributed by atoms with Crippen LogP contribution in [0, 0.1) is 5.92 Å². The van der Waals surface area contributed by atoms with Gasteiger partial charge in [0, 0.05) is 6.04 Å². The SMILES string of the molecule is CCNC1CCCCC1Cc1ccsc1. The molecule has 0 radical (unpaired) electrons. The van der Waals surface area contributed by atoms with Crippen molar-refractivity contribution < 1.29 is 0 Å². The van der Waals surface area contributed by atoms with Gasteiger partial charge in [-0.15, -0.1) is 0 Å². The summed E-state index contributed by atoms with van der Waals surface area (Å²) in [6.07, 6.45) is 6.91. The van der Waals surface area contributed by atoms with Gasteiger partial charge in [0.2, 0.25) is 0 Å². The largest absolute Gasteiger partial charge is 0.314 e. The zero-order chi connectivity index (χ0) is 10.5. The van der Waals surface area contributed by atoms with Crippen LogP contribution in [0.25, 0.3) is 0 Å². The Morgan fingerprint density at radius 3 is 3.00 bits per heavy atom. The van der Waals surface area contributed by atoms with Gasteiger partial charge in [-0.25, -0.2) is 0 Å². The fraction of sp³-hybridized carbons (Fsp3) is 0.692. The summed E-state index contributed by atoms with van der Waals surface area (Å²) in [7, 11) is 0. The van der Waals surface area contributed by atoms with E-state index in [0.29, 0.717) is 0 Å². The molecular formula is C13H21NS. The average molecular weight is 223 g/mol. The molecule has 0 aliphatic heterocycles. The van der Waals surface area contributed by atoms with Crippen molar-refractivity contribution in [2.24, 2.45) is 5.92 Å². The van der Waals surface area contributed by atoms with Crippen molar-refractivity contribution in [1.29, 1.82) is 0 Å². The van der Waals surface area contributed by atoms with Crippen molar-refractivity contribution in [3.8, 4) is 0 Å². The second-order valence-electron chi connectivity index (χ2n) is 4.54. The zero-order valence-corrected chi connectivity index (χ0v) is 10.4. The zero-order valence-electron chi connectivity index (χ0n) is 9.54. The fourth-order valence-corrected chi connectivity index (χ4v) is 3.38. The van der Waals surface area contributed by atoms with Crippen molar-refractivity contribution in [2.45, 2.75) is 45.1 Å². The van der Waals surface area contributed by atoms with Gasteiger partial charge in [-0.3, -0.25) is 0 Å². The predicted octanol–water partition coefficient (Wildman–Crippen LogP) is 3.46. The molecule has 2 heteroatoms. The van der Waals surface area contributed by atoms with Crippen LogP contribution in [-0.2, 0) is 6.42 Å². The quantitative estimate of drug-likeness (QED) is 0.824. The number of nitrogens with one attached hydrogen (secondary N) is 1. The molecule has 1 heterocycles. The highest BCUT2D eigenvalue weighted by Crippen LogP contribution is 2.28. The van der Waals surface area contributed by atoms with E-state index in [2.05, 4.69) is 29.1 Å². The summed E-state index contributed by atoms with van der Waals surface area (Å²) in [5, 5.41) is 8.15. The molecule has 1 aliphatic carbocycles. The molecule has 0 spiro atoms. The third-order valence-electron chi connectivity index (χ3n) is 3.45. The second-order valence-corrected chi connectivity index (χ2v) is 5.32. The number of hydrogen-bond acceptors (Lipinski definition) is 2. The Labute approximate surface area is 96.9 Å². The van der Waals surface area contributed by atoms with E-state index >= 15 is 0 Å². The maximum atomic E-state index is 3.65. The van der Waals surface area contributed by atoms with Crippen LogP contribution in [0.2, 0.25) is 0 Å². The van der Waals surface area contributed by atoms with Crippen LogP contribution in [-0.4, -0.2) is 12.6 Å². The molecule has 2 rings (SSSR count). The van der Waals surface area contributed by atoms with Gasteiger partial charge < -0.3 is 5.32 Å². The smallest absolute Gasteiger partial charge is 0.00983 e. The maximum absolute atomic E-state index is 3.65. The Hall–Kier alpha value is -0.340. The molecule has 1 aromatic rings. The number of thiophene rings is 1. The highest BCUT2D eigenvalue weighted by Gasteiger charge is 2.24. The highest BCUT2D eigenvalue weighted by molar-refractivity contribution is 7.07. The molecule has 0 saturated heterocycles. The third kappa shape index (κ3) is 3.05. The van der Waals surface area contributed by atoms with Crippen molar-refractivity contribution in [3.63, 3.8) is 0 Å². The standard InChI is InChI=1S/C13H21NS/c1-2-14-13-6-4-3-5-12(13)9-11-7-8-15-10-11/h7-8,10,12-14H,2-6,9H2,1H3. The van der Waals surface area contributed by atoms with Gasteiger partial charge in [0.25, 0.3) is 0 Å². The van der Waals surface area contributed by atoms with Crippen LogP contribution in [0.3, 0.4) is 0 Å². The number of hydrogen-bond donors (Lipinski definition) is 1. The summed E-state index contributed by atoms with van der Waals surface area (Å²) in [5.41, 5.74) is 1.54. The lowest BCUT2D eigenvalue weighted by Gasteiger charge is -2.32. The Balaban J connectivity index is 1.92. The number of rotatable bonds is 4. The van der Waals surface area contributed by atoms with Crippen LogP contribution in [0.5, 0.6) is 0 Å². The minimum absolute atomic E-state index is 0.767. The lowest BCUT2D eigenvalue weighted by molar-refractivity contribution is 0.264. The lowest BCUT2D eigenvalue weighted by atomic mass is 9.81. The summed E-state index contributed by atoms with van der Waals surface area (Å²) in [6, 6.07) is 3.05. The molecule has 15 heavy (non-hydrogen) atoms. The van der Waals surface area contributed by atoms with Gasteiger partial charge >= 0.3 is 0 Å². The first kappa shape index (κ1) is 11.2. The van der Waals surface area contributed by atoms with Crippen molar-refractivity contribution >= 4 is 11.3 Å². The molecular weight excluding hydrogens is 202 g/mol. The summed E-state index contributed by atoms with van der Waals surface area (Å²) >= 11 is 1.82. The topological polar surface area (TPSA) is 12.0 Å². The van der Waals surface area contributed by atoms with E-state index in [1.807, 2.05) is 11.3 Å². The lowest BCUT2D eigenvalue weighted by Crippen LogP contribution is -2.39. The molecule has 2 atom stereocenters. The van der Waals surface area contributed by atoms with Crippen molar-refractivity contribution in [2.75, 3.05) is 6.54 Å². The van der Waals surface area contributed by atoms with Gasteiger partial charge in [-0.1, -0.05) is 19.8 Å². The van der Waals surface area contributed by atoms with Gasteiger partial charge in [0.15, 0.2) is 0 Å². The molecule has 2 unspecified atom stereocenters. The van der Waals surface area contributed by atoms with Gasteiger partial charge in [-0.05, 0) is 54.1 Å². The van der Waals surface area contributed by atoms with Crippen LogP contribution < -0.4 is 5.32 Å². The minimum Gasteiger partial charge on any atom is -0.314 e. The van der Waals surface area contributed by atoms with E-state index in [-0.39, 0.29) is 0 Å². The molecule has 0 bridgehead atoms. The van der Waals surface area contributed by atoms with E-state index in [1.165, 1.54) is 37.7 Å². The summed E-state index contributed by atoms with van der Waals surface area (Å²) in [5.74, 6) is 0.869. The Bertz CT molecular complexity index is 266. The molecule has 0 aromatic carbocycles.